The molecule has 0 aliphatic heterocycles. The molecule has 20 heavy (non-hydrogen) atoms. The molecule has 0 fully saturated rings. The fourth-order valence-electron chi connectivity index (χ4n) is 1.93. The molecule has 0 aliphatic rings. The Morgan fingerprint density at radius 2 is 2.00 bits per heavy atom. The van der Waals surface area contributed by atoms with Crippen molar-refractivity contribution in [3.63, 3.8) is 0 Å². The summed E-state index contributed by atoms with van der Waals surface area (Å²) in [6, 6.07) is 6.50. The third kappa shape index (κ3) is 4.48. The van der Waals surface area contributed by atoms with Gasteiger partial charge in [0.25, 0.3) is 0 Å². The van der Waals surface area contributed by atoms with Gasteiger partial charge in [-0.1, -0.05) is 17.7 Å². The van der Waals surface area contributed by atoms with Crippen molar-refractivity contribution in [2.24, 2.45) is 0 Å². The highest BCUT2D eigenvalue weighted by atomic mass is 35.5. The van der Waals surface area contributed by atoms with Gasteiger partial charge in [0.15, 0.2) is 0 Å². The van der Waals surface area contributed by atoms with Crippen molar-refractivity contribution in [3.05, 3.63) is 43.7 Å². The maximum absolute atomic E-state index is 12.4. The van der Waals surface area contributed by atoms with Crippen molar-refractivity contribution in [3.8, 4) is 0 Å². The van der Waals surface area contributed by atoms with Gasteiger partial charge in [0.05, 0.1) is 16.8 Å². The van der Waals surface area contributed by atoms with Crippen LogP contribution >= 0.6 is 34.3 Å². The lowest BCUT2D eigenvalue weighted by atomic mass is 10.1. The molecule has 0 amide bonds. The molecule has 7 heteroatoms. The van der Waals surface area contributed by atoms with Gasteiger partial charge in [-0.05, 0) is 30.5 Å². The van der Waals surface area contributed by atoms with Crippen LogP contribution in [-0.2, 0) is 0 Å². The van der Waals surface area contributed by atoms with E-state index in [4.69, 9.17) is 11.6 Å². The average Bonchev–Trinajstić information content (AvgIpc) is 2.94. The molecule has 0 saturated heterocycles. The quantitative estimate of drug-likeness (QED) is 0.760. The van der Waals surface area contributed by atoms with Gasteiger partial charge in [-0.15, -0.1) is 22.7 Å². The van der Waals surface area contributed by atoms with Crippen molar-refractivity contribution in [1.29, 1.82) is 0 Å². The van der Waals surface area contributed by atoms with Crippen LogP contribution in [0.25, 0.3) is 0 Å². The van der Waals surface area contributed by atoms with E-state index in [0.29, 0.717) is 4.34 Å². The molecule has 2 aromatic rings. The molecule has 110 valence electrons. The van der Waals surface area contributed by atoms with E-state index in [-0.39, 0.29) is 6.04 Å². The monoisotopic (exact) mass is 339 g/mol. The first-order valence-corrected chi connectivity index (χ1v) is 8.04. The van der Waals surface area contributed by atoms with Crippen LogP contribution in [0.5, 0.6) is 0 Å². The van der Waals surface area contributed by atoms with Crippen LogP contribution in [-0.4, -0.2) is 12.2 Å². The first-order valence-electron chi connectivity index (χ1n) is 5.96. The topological polar surface area (TPSA) is 12.0 Å². The standard InChI is InChI=1S/C13H13ClF3NS2/c1-8(7-13(15,16)17)18-12(9-3-2-6-19-9)10-4-5-11(14)20-10/h2-6,8,12,18H,7H2,1H3. The number of thiophene rings is 2. The summed E-state index contributed by atoms with van der Waals surface area (Å²) in [7, 11) is 0. The summed E-state index contributed by atoms with van der Waals surface area (Å²) in [5.74, 6) is 0. The Kier molecular flexibility index (Phi) is 5.12. The van der Waals surface area contributed by atoms with E-state index in [1.54, 1.807) is 13.0 Å². The summed E-state index contributed by atoms with van der Waals surface area (Å²) >= 11 is 8.82. The molecule has 1 N–H and O–H groups in total. The maximum Gasteiger partial charge on any atom is 0.390 e. The molecular formula is C13H13ClF3NS2. The Bertz CT molecular complexity index is 536. The first-order chi connectivity index (χ1) is 9.35. The maximum atomic E-state index is 12.4. The Morgan fingerprint density at radius 3 is 2.50 bits per heavy atom. The summed E-state index contributed by atoms with van der Waals surface area (Å²) in [4.78, 5) is 1.91. The lowest BCUT2D eigenvalue weighted by molar-refractivity contribution is -0.139. The van der Waals surface area contributed by atoms with Gasteiger partial charge >= 0.3 is 6.18 Å². The molecule has 2 heterocycles. The molecule has 0 spiro atoms. The molecule has 2 rings (SSSR count). The fourth-order valence-corrected chi connectivity index (χ4v) is 3.95. The summed E-state index contributed by atoms with van der Waals surface area (Å²) in [6.07, 6.45) is -5.02. The van der Waals surface area contributed by atoms with Crippen LogP contribution in [0.3, 0.4) is 0 Å². The SMILES string of the molecule is CC(CC(F)(F)F)NC(c1cccs1)c1ccc(Cl)s1. The summed E-state index contributed by atoms with van der Waals surface area (Å²) < 4.78 is 38.0. The van der Waals surface area contributed by atoms with Crippen LogP contribution in [0.1, 0.15) is 29.1 Å². The molecule has 2 atom stereocenters. The molecule has 0 radical (unpaired) electrons. The molecule has 0 bridgehead atoms. The van der Waals surface area contributed by atoms with E-state index in [0.717, 1.165) is 9.75 Å². The highest BCUT2D eigenvalue weighted by Gasteiger charge is 2.31. The summed E-state index contributed by atoms with van der Waals surface area (Å²) in [5.41, 5.74) is 0. The van der Waals surface area contributed by atoms with Crippen LogP contribution in [0, 0.1) is 0 Å². The zero-order chi connectivity index (χ0) is 14.8. The summed E-state index contributed by atoms with van der Waals surface area (Å²) in [6.45, 7) is 1.54. The van der Waals surface area contributed by atoms with E-state index in [2.05, 4.69) is 5.32 Å². The zero-order valence-electron chi connectivity index (χ0n) is 10.6. The second kappa shape index (κ2) is 6.47. The predicted molar refractivity (Wildman–Crippen MR) is 78.8 cm³/mol. The first kappa shape index (κ1) is 15.8. The molecule has 0 aromatic carbocycles. The van der Waals surface area contributed by atoms with E-state index < -0.39 is 18.6 Å². The Hall–Kier alpha value is -0.560. The third-order valence-electron chi connectivity index (χ3n) is 2.70. The fraction of sp³-hybridized carbons (Fsp3) is 0.385. The highest BCUT2D eigenvalue weighted by molar-refractivity contribution is 7.16. The van der Waals surface area contributed by atoms with Gasteiger partial charge in [0.2, 0.25) is 0 Å². The minimum Gasteiger partial charge on any atom is -0.302 e. The summed E-state index contributed by atoms with van der Waals surface area (Å²) in [5, 5.41) is 4.96. The van der Waals surface area contributed by atoms with E-state index in [1.807, 2.05) is 23.6 Å². The second-order valence-electron chi connectivity index (χ2n) is 4.48. The molecule has 0 saturated carbocycles. The molecule has 2 aromatic heterocycles. The average molecular weight is 340 g/mol. The Balaban J connectivity index is 2.16. The van der Waals surface area contributed by atoms with Gasteiger partial charge in [-0.2, -0.15) is 13.2 Å². The van der Waals surface area contributed by atoms with Crippen LogP contribution in [0.2, 0.25) is 4.34 Å². The number of hydrogen-bond donors (Lipinski definition) is 1. The number of halogens is 4. The minimum atomic E-state index is -4.17. The van der Waals surface area contributed by atoms with Crippen LogP contribution in [0.15, 0.2) is 29.6 Å². The van der Waals surface area contributed by atoms with E-state index in [9.17, 15) is 13.2 Å². The number of nitrogens with one attached hydrogen (secondary N) is 1. The highest BCUT2D eigenvalue weighted by Crippen LogP contribution is 2.34. The molecule has 0 aliphatic carbocycles. The van der Waals surface area contributed by atoms with Crippen molar-refractivity contribution < 1.29 is 13.2 Å². The number of hydrogen-bond acceptors (Lipinski definition) is 3. The minimum absolute atomic E-state index is 0.246. The Labute approximate surface area is 128 Å². The zero-order valence-corrected chi connectivity index (χ0v) is 13.0. The number of alkyl halides is 3. The van der Waals surface area contributed by atoms with Gasteiger partial charge in [0.1, 0.15) is 0 Å². The van der Waals surface area contributed by atoms with E-state index >= 15 is 0 Å². The second-order valence-corrected chi connectivity index (χ2v) is 7.20. The molecule has 1 nitrogen and oxygen atoms in total. The molecular weight excluding hydrogens is 327 g/mol. The van der Waals surface area contributed by atoms with Gasteiger partial charge in [-0.25, -0.2) is 0 Å². The smallest absolute Gasteiger partial charge is 0.302 e. The van der Waals surface area contributed by atoms with Crippen molar-refractivity contribution in [2.75, 3.05) is 0 Å². The van der Waals surface area contributed by atoms with Crippen LogP contribution in [0.4, 0.5) is 13.2 Å². The van der Waals surface area contributed by atoms with Gasteiger partial charge in [0, 0.05) is 15.8 Å². The van der Waals surface area contributed by atoms with Crippen molar-refractivity contribution in [2.45, 2.75) is 31.6 Å². The van der Waals surface area contributed by atoms with Crippen molar-refractivity contribution >= 4 is 34.3 Å². The van der Waals surface area contributed by atoms with Gasteiger partial charge in [-0.3, -0.25) is 0 Å². The van der Waals surface area contributed by atoms with Gasteiger partial charge < -0.3 is 5.32 Å². The largest absolute Gasteiger partial charge is 0.390 e. The lowest BCUT2D eigenvalue weighted by Gasteiger charge is -2.22. The third-order valence-corrected chi connectivity index (χ3v) is 4.93. The normalized spacial score (nSPS) is 15.2. The van der Waals surface area contributed by atoms with E-state index in [1.165, 1.54) is 22.7 Å². The predicted octanol–water partition coefficient (Wildman–Crippen LogP) is 5.48. The van der Waals surface area contributed by atoms with Crippen molar-refractivity contribution in [1.82, 2.24) is 5.32 Å². The molecule has 2 unspecified atom stereocenters. The Morgan fingerprint density at radius 1 is 1.25 bits per heavy atom. The van der Waals surface area contributed by atoms with Crippen LogP contribution < -0.4 is 5.32 Å². The lowest BCUT2D eigenvalue weighted by Crippen LogP contribution is -2.34. The number of rotatable bonds is 5.